The minimum atomic E-state index is -3.82. The Morgan fingerprint density at radius 1 is 1.13 bits per heavy atom. The molecule has 3 rings (SSSR count). The Labute approximate surface area is 138 Å². The normalized spacial score (nSPS) is 11.6. The Morgan fingerprint density at radius 2 is 1.91 bits per heavy atom. The molecule has 1 aromatic heterocycles. The molecule has 0 N–H and O–H groups in total. The quantitative estimate of drug-likeness (QED) is 0.722. The van der Waals surface area contributed by atoms with Crippen LogP contribution in [-0.2, 0) is 15.6 Å². The van der Waals surface area contributed by atoms with Gasteiger partial charge in [-0.2, -0.15) is 0 Å². The van der Waals surface area contributed by atoms with E-state index in [9.17, 15) is 12.8 Å². The van der Waals surface area contributed by atoms with Gasteiger partial charge in [-0.15, -0.1) is 0 Å². The van der Waals surface area contributed by atoms with Crippen LogP contribution in [0.3, 0.4) is 0 Å². The van der Waals surface area contributed by atoms with Crippen molar-refractivity contribution < 1.29 is 12.8 Å². The molecule has 0 spiro atoms. The first kappa shape index (κ1) is 15.7. The molecule has 0 aliphatic carbocycles. The van der Waals surface area contributed by atoms with Gasteiger partial charge < -0.3 is 0 Å². The van der Waals surface area contributed by atoms with Crippen LogP contribution in [0.2, 0.25) is 5.02 Å². The molecule has 0 atom stereocenters. The minimum absolute atomic E-state index is 0.105. The van der Waals surface area contributed by atoms with Crippen molar-refractivity contribution in [2.75, 3.05) is 0 Å². The predicted molar refractivity (Wildman–Crippen MR) is 85.9 cm³/mol. The molecule has 2 aromatic carbocycles. The Balaban J connectivity index is 2.02. The number of benzene rings is 2. The molecule has 7 heteroatoms. The summed E-state index contributed by atoms with van der Waals surface area (Å²) in [6.07, 6.45) is 2.91. The molecule has 0 unspecified atom stereocenters. The summed E-state index contributed by atoms with van der Waals surface area (Å²) in [5.74, 6) is -1.02. The summed E-state index contributed by atoms with van der Waals surface area (Å²) in [5, 5.41) is 0.330. The third kappa shape index (κ3) is 3.28. The van der Waals surface area contributed by atoms with Gasteiger partial charge in [0.15, 0.2) is 0 Å². The Kier molecular flexibility index (Phi) is 4.19. The molecule has 4 nitrogen and oxygen atoms in total. The van der Waals surface area contributed by atoms with Gasteiger partial charge in [0.2, 0.25) is 15.0 Å². The second-order valence-corrected chi connectivity index (χ2v) is 7.23. The van der Waals surface area contributed by atoms with Gasteiger partial charge in [0.05, 0.1) is 5.75 Å². The lowest BCUT2D eigenvalue weighted by molar-refractivity contribution is 0.577. The fraction of sp³-hybridized carbons (Fsp3) is 0.0625. The third-order valence-corrected chi connectivity index (χ3v) is 5.06. The van der Waals surface area contributed by atoms with Crippen LogP contribution in [0.4, 0.5) is 4.39 Å². The third-order valence-electron chi connectivity index (χ3n) is 3.27. The van der Waals surface area contributed by atoms with Crippen molar-refractivity contribution in [3.8, 4) is 5.69 Å². The smallest absolute Gasteiger partial charge is 0.232 e. The summed E-state index contributed by atoms with van der Waals surface area (Å²) < 4.78 is 40.4. The van der Waals surface area contributed by atoms with E-state index >= 15 is 0 Å². The van der Waals surface area contributed by atoms with Crippen molar-refractivity contribution in [3.05, 3.63) is 77.3 Å². The molecule has 0 bridgehead atoms. The molecule has 118 valence electrons. The van der Waals surface area contributed by atoms with Crippen molar-refractivity contribution in [1.82, 2.24) is 9.55 Å². The van der Waals surface area contributed by atoms with Crippen LogP contribution in [0, 0.1) is 5.82 Å². The zero-order chi connectivity index (χ0) is 16.4. The van der Waals surface area contributed by atoms with Gasteiger partial charge >= 0.3 is 0 Å². The SMILES string of the molecule is O=S(=O)(Cc1ccccc1F)c1nccn1-c1cccc(Cl)c1. The maximum atomic E-state index is 13.7. The van der Waals surface area contributed by atoms with Crippen LogP contribution in [0.1, 0.15) is 5.56 Å². The average Bonchev–Trinajstić information content (AvgIpc) is 3.00. The van der Waals surface area contributed by atoms with Gasteiger partial charge in [-0.25, -0.2) is 17.8 Å². The molecule has 3 aromatic rings. The summed E-state index contributed by atoms with van der Waals surface area (Å²) in [6.45, 7) is 0. The fourth-order valence-corrected chi connectivity index (χ4v) is 3.87. The van der Waals surface area contributed by atoms with E-state index in [1.165, 1.54) is 35.2 Å². The van der Waals surface area contributed by atoms with Crippen LogP contribution >= 0.6 is 11.6 Å². The lowest BCUT2D eigenvalue weighted by Crippen LogP contribution is -2.12. The molecule has 0 aliphatic heterocycles. The zero-order valence-corrected chi connectivity index (χ0v) is 13.4. The van der Waals surface area contributed by atoms with Crippen LogP contribution in [0.5, 0.6) is 0 Å². The van der Waals surface area contributed by atoms with Gasteiger partial charge in [-0.05, 0) is 24.3 Å². The molecular weight excluding hydrogens is 339 g/mol. The first-order valence-corrected chi connectivity index (χ1v) is 8.76. The number of aromatic nitrogens is 2. The van der Waals surface area contributed by atoms with E-state index in [0.29, 0.717) is 10.7 Å². The number of sulfone groups is 1. The van der Waals surface area contributed by atoms with Crippen molar-refractivity contribution in [3.63, 3.8) is 0 Å². The second kappa shape index (κ2) is 6.14. The number of nitrogens with zero attached hydrogens (tertiary/aromatic N) is 2. The van der Waals surface area contributed by atoms with Crippen molar-refractivity contribution in [2.45, 2.75) is 10.9 Å². The molecule has 0 aliphatic rings. The van der Waals surface area contributed by atoms with E-state index in [2.05, 4.69) is 4.98 Å². The van der Waals surface area contributed by atoms with E-state index in [1.807, 2.05) is 0 Å². The maximum absolute atomic E-state index is 13.7. The molecule has 1 heterocycles. The fourth-order valence-electron chi connectivity index (χ4n) is 2.23. The van der Waals surface area contributed by atoms with Crippen molar-refractivity contribution >= 4 is 21.4 Å². The summed E-state index contributed by atoms with van der Waals surface area (Å²) in [7, 11) is -3.82. The first-order chi connectivity index (χ1) is 11.0. The monoisotopic (exact) mass is 350 g/mol. The standard InChI is InChI=1S/C16H12ClFN2O2S/c17-13-5-3-6-14(10-13)20-9-8-19-16(20)23(21,22)11-12-4-1-2-7-15(12)18/h1-10H,11H2. The van der Waals surface area contributed by atoms with E-state index in [1.54, 1.807) is 30.3 Å². The predicted octanol–water partition coefficient (Wildman–Crippen LogP) is 3.64. The lowest BCUT2D eigenvalue weighted by Gasteiger charge is -2.09. The lowest BCUT2D eigenvalue weighted by atomic mass is 10.2. The van der Waals surface area contributed by atoms with E-state index in [0.717, 1.165) is 0 Å². The largest absolute Gasteiger partial charge is 0.291 e. The summed E-state index contributed by atoms with van der Waals surface area (Å²) in [5.41, 5.74) is 0.676. The topological polar surface area (TPSA) is 52.0 Å². The first-order valence-electron chi connectivity index (χ1n) is 6.73. The van der Waals surface area contributed by atoms with Crippen LogP contribution in [0.25, 0.3) is 5.69 Å². The van der Waals surface area contributed by atoms with Gasteiger partial charge in [0, 0.05) is 28.7 Å². The van der Waals surface area contributed by atoms with E-state index in [4.69, 9.17) is 11.6 Å². The zero-order valence-electron chi connectivity index (χ0n) is 11.9. The minimum Gasteiger partial charge on any atom is -0.291 e. The number of hydrogen-bond acceptors (Lipinski definition) is 3. The van der Waals surface area contributed by atoms with E-state index < -0.39 is 21.4 Å². The van der Waals surface area contributed by atoms with Crippen LogP contribution < -0.4 is 0 Å². The highest BCUT2D eigenvalue weighted by Gasteiger charge is 2.23. The van der Waals surface area contributed by atoms with Gasteiger partial charge in [0.1, 0.15) is 5.82 Å². The maximum Gasteiger partial charge on any atom is 0.232 e. The highest BCUT2D eigenvalue weighted by molar-refractivity contribution is 7.90. The summed E-state index contributed by atoms with van der Waals surface area (Å²) >= 11 is 5.95. The number of imidazole rings is 1. The Morgan fingerprint density at radius 3 is 2.65 bits per heavy atom. The highest BCUT2D eigenvalue weighted by atomic mass is 35.5. The highest BCUT2D eigenvalue weighted by Crippen LogP contribution is 2.22. The van der Waals surface area contributed by atoms with Gasteiger partial charge in [0.25, 0.3) is 0 Å². The molecule has 23 heavy (non-hydrogen) atoms. The number of hydrogen-bond donors (Lipinski definition) is 0. The van der Waals surface area contributed by atoms with Crippen molar-refractivity contribution in [1.29, 1.82) is 0 Å². The molecule has 0 saturated heterocycles. The molecule has 0 saturated carbocycles. The van der Waals surface area contributed by atoms with Crippen molar-refractivity contribution in [2.24, 2.45) is 0 Å². The molecular formula is C16H12ClFN2O2S. The summed E-state index contributed by atoms with van der Waals surface area (Å²) in [4.78, 5) is 3.93. The number of halogens is 2. The summed E-state index contributed by atoms with van der Waals surface area (Å²) in [6, 6.07) is 12.5. The van der Waals surface area contributed by atoms with E-state index in [-0.39, 0.29) is 10.7 Å². The van der Waals surface area contributed by atoms with Crippen LogP contribution in [0.15, 0.2) is 66.1 Å². The van der Waals surface area contributed by atoms with Gasteiger partial charge in [-0.3, -0.25) is 4.57 Å². The molecule has 0 amide bonds. The Hall–Kier alpha value is -2.18. The van der Waals surface area contributed by atoms with Gasteiger partial charge in [-0.1, -0.05) is 35.9 Å². The number of rotatable bonds is 4. The molecule has 0 fully saturated rings. The Bertz CT molecular complexity index is 954. The average molecular weight is 351 g/mol. The second-order valence-electron chi connectivity index (χ2n) is 4.91. The van der Waals surface area contributed by atoms with Crippen LogP contribution in [-0.4, -0.2) is 18.0 Å². The molecule has 0 radical (unpaired) electrons.